The van der Waals surface area contributed by atoms with E-state index in [9.17, 15) is 15.0 Å². The Bertz CT molecular complexity index is 2200. The number of hydrogen-bond donors (Lipinski definition) is 3. The summed E-state index contributed by atoms with van der Waals surface area (Å²) in [5.74, 6) is 2.00. The van der Waals surface area contributed by atoms with Gasteiger partial charge in [-0.1, -0.05) is 48.0 Å². The van der Waals surface area contributed by atoms with E-state index in [0.717, 1.165) is 51.7 Å². The molecular weight excluding hydrogens is 652 g/mol. The maximum Gasteiger partial charge on any atom is 0.407 e. The number of aromatic nitrogens is 4. The summed E-state index contributed by atoms with van der Waals surface area (Å²) in [6.45, 7) is 10.9. The molecule has 1 aliphatic heterocycles. The fourth-order valence-electron chi connectivity index (χ4n) is 5.78. The molecule has 0 unspecified atom stereocenters. The number of aromatic hydroxyl groups is 2. The number of nitrogens with zero attached hydrogens (tertiary/aromatic N) is 5. The molecule has 0 radical (unpaired) electrons. The number of carbonyl (C=O) groups is 1. The van der Waals surface area contributed by atoms with Crippen molar-refractivity contribution in [2.75, 3.05) is 18.0 Å². The summed E-state index contributed by atoms with van der Waals surface area (Å²) in [5.41, 5.74) is 4.44. The molecule has 0 bridgehead atoms. The summed E-state index contributed by atoms with van der Waals surface area (Å²) in [5, 5.41) is 25.3. The summed E-state index contributed by atoms with van der Waals surface area (Å²) in [6.07, 6.45) is 0.389. The van der Waals surface area contributed by atoms with E-state index in [2.05, 4.69) is 20.2 Å². The summed E-state index contributed by atoms with van der Waals surface area (Å²) < 4.78 is 5.39. The molecule has 1 fully saturated rings. The number of carbonyl (C=O) groups excluding carboxylic acids is 1. The molecule has 0 aliphatic carbocycles. The van der Waals surface area contributed by atoms with Gasteiger partial charge in [-0.15, -0.1) is 0 Å². The second-order valence-corrected chi connectivity index (χ2v) is 13.7. The first-order valence-electron chi connectivity index (χ1n) is 16.4. The van der Waals surface area contributed by atoms with E-state index in [-0.39, 0.29) is 17.5 Å². The average molecular weight is 691 g/mol. The Morgan fingerprint density at radius 2 is 1.34 bits per heavy atom. The zero-order valence-corrected chi connectivity index (χ0v) is 29.4. The third kappa shape index (κ3) is 7.87. The van der Waals surface area contributed by atoms with Crippen LogP contribution in [0.15, 0.2) is 84.9 Å². The first-order valence-corrected chi connectivity index (χ1v) is 16.8. The number of amides is 1. The zero-order valence-electron chi connectivity index (χ0n) is 28.6. The summed E-state index contributed by atoms with van der Waals surface area (Å²) in [6, 6.07) is 25.9. The maximum atomic E-state index is 12.2. The fraction of sp³-hybridized carbons (Fsp3) is 0.256. The van der Waals surface area contributed by atoms with E-state index in [1.54, 1.807) is 30.3 Å². The highest BCUT2D eigenvalue weighted by Crippen LogP contribution is 2.34. The number of rotatable bonds is 4. The van der Waals surface area contributed by atoms with Crippen LogP contribution in [0.4, 0.5) is 10.6 Å². The first kappa shape index (κ1) is 34.4. The van der Waals surface area contributed by atoms with Crippen molar-refractivity contribution in [3.8, 4) is 34.3 Å². The van der Waals surface area contributed by atoms with Crippen molar-refractivity contribution < 1.29 is 19.7 Å². The van der Waals surface area contributed by atoms with E-state index < -0.39 is 11.7 Å². The summed E-state index contributed by atoms with van der Waals surface area (Å²) >= 11 is 6.18. The molecule has 11 heteroatoms. The molecule has 1 atom stereocenters. The molecule has 2 aromatic heterocycles. The molecular formula is C39H39ClN6O4. The number of phenols is 2. The highest BCUT2D eigenvalue weighted by Gasteiger charge is 2.28. The number of alkyl carbamates (subject to hydrolysis) is 1. The van der Waals surface area contributed by atoms with Crippen molar-refractivity contribution in [3.63, 3.8) is 0 Å². The lowest BCUT2D eigenvalue weighted by atomic mass is 10.1. The number of nitrogens with one attached hydrogen (secondary N) is 1. The van der Waals surface area contributed by atoms with Crippen LogP contribution in [0.5, 0.6) is 11.5 Å². The van der Waals surface area contributed by atoms with Crippen LogP contribution < -0.4 is 10.2 Å². The standard InChI is InChI=1S/C24H28N4O3.C15H11ClN2O/c1-15-9-10-17-19(13-15)26-21(18-7-5-6-8-20(18)29)27-22(17)28-12-11-16(14-28)25-23(30)31-24(2,3)4;1-9-6-7-10-12(8-9)17-15(18-14(10)16)11-4-2-3-5-13(11)19/h5-10,13,16,29H,11-12,14H2,1-4H3,(H,25,30);2-8,19H,1H3/t16-;/m0./s1. The van der Waals surface area contributed by atoms with E-state index in [1.807, 2.05) is 89.2 Å². The van der Waals surface area contributed by atoms with Crippen molar-refractivity contribution in [1.82, 2.24) is 25.3 Å². The molecule has 256 valence electrons. The van der Waals surface area contributed by atoms with Crippen molar-refractivity contribution in [2.45, 2.75) is 52.7 Å². The van der Waals surface area contributed by atoms with E-state index in [4.69, 9.17) is 26.3 Å². The minimum Gasteiger partial charge on any atom is -0.507 e. The van der Waals surface area contributed by atoms with Gasteiger partial charge < -0.3 is 25.2 Å². The number of ether oxygens (including phenoxy) is 1. The van der Waals surface area contributed by atoms with Gasteiger partial charge in [0.1, 0.15) is 28.1 Å². The number of halogens is 1. The van der Waals surface area contributed by atoms with Gasteiger partial charge in [-0.3, -0.25) is 0 Å². The fourth-order valence-corrected chi connectivity index (χ4v) is 6.02. The highest BCUT2D eigenvalue weighted by molar-refractivity contribution is 6.34. The SMILES string of the molecule is Cc1ccc2c(Cl)nc(-c3ccccc3O)nc2c1.Cc1ccc2c(N3CC[C@H](NC(=O)OC(C)(C)C)C3)nc(-c3ccccc3O)nc2c1. The lowest BCUT2D eigenvalue weighted by Gasteiger charge is -2.23. The van der Waals surface area contributed by atoms with Gasteiger partial charge in [0, 0.05) is 23.9 Å². The van der Waals surface area contributed by atoms with Gasteiger partial charge in [-0.2, -0.15) is 0 Å². The number of benzene rings is 4. The third-order valence-corrected chi connectivity index (χ3v) is 8.42. The number of fused-ring (bicyclic) bond motifs is 2. The second kappa shape index (κ2) is 14.2. The van der Waals surface area contributed by atoms with Crippen molar-refractivity contribution in [3.05, 3.63) is 101 Å². The largest absolute Gasteiger partial charge is 0.507 e. The zero-order chi connectivity index (χ0) is 35.6. The van der Waals surface area contributed by atoms with E-state index >= 15 is 0 Å². The monoisotopic (exact) mass is 690 g/mol. The van der Waals surface area contributed by atoms with Crippen LogP contribution >= 0.6 is 11.6 Å². The Kier molecular flexibility index (Phi) is 9.74. The predicted molar refractivity (Wildman–Crippen MR) is 198 cm³/mol. The van der Waals surface area contributed by atoms with Crippen LogP contribution in [0.25, 0.3) is 44.6 Å². The summed E-state index contributed by atoms with van der Waals surface area (Å²) in [7, 11) is 0. The van der Waals surface area contributed by atoms with Crippen molar-refractivity contribution in [1.29, 1.82) is 0 Å². The molecule has 4 aromatic carbocycles. The Balaban J connectivity index is 0.000000194. The molecule has 6 aromatic rings. The highest BCUT2D eigenvalue weighted by atomic mass is 35.5. The van der Waals surface area contributed by atoms with Crippen LogP contribution in [0.2, 0.25) is 5.15 Å². The van der Waals surface area contributed by atoms with Gasteiger partial charge in [-0.05, 0) is 101 Å². The number of hydrogen-bond acceptors (Lipinski definition) is 9. The van der Waals surface area contributed by atoms with Crippen LogP contribution in [0.3, 0.4) is 0 Å². The second-order valence-electron chi connectivity index (χ2n) is 13.4. The van der Waals surface area contributed by atoms with Gasteiger partial charge >= 0.3 is 6.09 Å². The van der Waals surface area contributed by atoms with Crippen LogP contribution in [0, 0.1) is 13.8 Å². The minimum absolute atomic E-state index is 0.0288. The number of phenolic OH excluding ortho intramolecular Hbond substituents is 2. The predicted octanol–water partition coefficient (Wildman–Crippen LogP) is 8.38. The Hall–Kier alpha value is -5.48. The molecule has 10 nitrogen and oxygen atoms in total. The molecule has 7 rings (SSSR count). The van der Waals surface area contributed by atoms with Crippen LogP contribution in [-0.2, 0) is 4.74 Å². The maximum absolute atomic E-state index is 12.2. The molecule has 1 saturated heterocycles. The molecule has 1 aliphatic rings. The molecule has 0 spiro atoms. The van der Waals surface area contributed by atoms with Crippen molar-refractivity contribution >= 4 is 45.3 Å². The lowest BCUT2D eigenvalue weighted by molar-refractivity contribution is 0.0509. The quantitative estimate of drug-likeness (QED) is 0.156. The molecule has 3 N–H and O–H groups in total. The topological polar surface area (TPSA) is 134 Å². The molecule has 3 heterocycles. The van der Waals surface area contributed by atoms with Gasteiger partial charge in [0.2, 0.25) is 0 Å². The van der Waals surface area contributed by atoms with E-state index in [0.29, 0.717) is 34.5 Å². The molecule has 0 saturated carbocycles. The minimum atomic E-state index is -0.532. The summed E-state index contributed by atoms with van der Waals surface area (Å²) in [4.78, 5) is 32.6. The van der Waals surface area contributed by atoms with Crippen molar-refractivity contribution in [2.24, 2.45) is 0 Å². The molecule has 50 heavy (non-hydrogen) atoms. The first-order chi connectivity index (χ1) is 23.8. The normalized spacial score (nSPS) is 14.4. The van der Waals surface area contributed by atoms with Gasteiger partial charge in [0.15, 0.2) is 11.6 Å². The van der Waals surface area contributed by atoms with Crippen LogP contribution in [-0.4, -0.2) is 61.0 Å². The number of para-hydroxylation sites is 2. The number of anilines is 1. The van der Waals surface area contributed by atoms with Gasteiger partial charge in [0.05, 0.1) is 28.2 Å². The smallest absolute Gasteiger partial charge is 0.407 e. The van der Waals surface area contributed by atoms with Gasteiger partial charge in [-0.25, -0.2) is 24.7 Å². The van der Waals surface area contributed by atoms with E-state index in [1.165, 1.54) is 0 Å². The Labute approximate surface area is 295 Å². The van der Waals surface area contributed by atoms with Crippen LogP contribution in [0.1, 0.15) is 38.3 Å². The molecule has 1 amide bonds. The Morgan fingerprint density at radius 1 is 0.800 bits per heavy atom. The average Bonchev–Trinajstić information content (AvgIpc) is 3.51. The number of aryl methyl sites for hydroxylation is 2. The van der Waals surface area contributed by atoms with Gasteiger partial charge in [0.25, 0.3) is 0 Å². The Morgan fingerprint density at radius 3 is 1.92 bits per heavy atom. The third-order valence-electron chi connectivity index (χ3n) is 8.14. The lowest BCUT2D eigenvalue weighted by Crippen LogP contribution is -2.40.